The minimum Gasteiger partial charge on any atom is -0.398 e. The second-order valence-electron chi connectivity index (χ2n) is 20.8. The number of carbonyl (C=O) groups excluding carboxylic acids is 4. The zero-order valence-electron chi connectivity index (χ0n) is 48.7. The first-order valence-electron chi connectivity index (χ1n) is 26.4. The zero-order valence-corrected chi connectivity index (χ0v) is 55.2. The SMILES string of the molecule is Nc1cc(S(=O)(=O)O)cc2c1C(=O)C(=NNc1ccc3c(c1)C(=O)C(=NNc1ccc(C=Cc4ccc(NN=C5C(=O)c6cc(NN=C7C(=O)c8c(N)cc(S(=O)(=O)O)cc8C=C7S(=O)(=O)O)ccc6C=C5S(=O)(=O)O)cc4S(=O)(=O)O)c(S(=O)(=O)O)c1)C(S(=O)(=O)O)=C3)C(S(=O)(=O)O)=C2. The molecular weight excluding hydrogens is 1490 g/mol. The number of Topliss-reactive ketones (excluding diaryl/α,β-unsaturated/α-hetero) is 4. The van der Waals surface area contributed by atoms with Gasteiger partial charge in [-0.15, -0.1) is 0 Å². The third-order valence-corrected chi connectivity index (χ3v) is 21.2. The van der Waals surface area contributed by atoms with Gasteiger partial charge < -0.3 is 11.5 Å². The highest BCUT2D eigenvalue weighted by atomic mass is 32.2. The van der Waals surface area contributed by atoms with Crippen molar-refractivity contribution < 1.29 is 123 Å². The molecule has 0 radical (unpaired) electrons. The summed E-state index contributed by atoms with van der Waals surface area (Å²) >= 11 is 0. The maximum absolute atomic E-state index is 14.0. The summed E-state index contributed by atoms with van der Waals surface area (Å²) in [6, 6.07) is 14.3. The number of carbonyl (C=O) groups is 4. The smallest absolute Gasteiger partial charge is 0.296 e. The third kappa shape index (κ3) is 14.8. The van der Waals surface area contributed by atoms with Crippen LogP contribution in [0.25, 0.3) is 36.5 Å². The van der Waals surface area contributed by atoms with Crippen LogP contribution in [0.15, 0.2) is 157 Å². The molecule has 0 saturated carbocycles. The Morgan fingerprint density at radius 1 is 0.310 bits per heavy atom. The standard InChI is InChI=1S/C54H38N10O28S8/c55-37-21-33(93(69,70)71)11-27-15-43(99(87,88)89)49(53(67)45(27)37)63-57-29-9-5-25-13-41(97(81,82)83)47(51(65)35(25)17-29)61-59-31-7-3-23(39(19-31)95(75,76)77)1-2-24-4-8-32(20-40(24)96(78,79)80)60-62-48-42(98(84,85)86)14-26-6-10-30(18-36(26)52(48)66)58-64-50-44(100(90,91)92)16-28-12-34(94(72,73)74)22-38(56)46(28)54(50)68/h1-22,57-60H,55-56H2,(H,69,70,71)(H,72,73,74)(H,75,76,77)(H,78,79,80)(H,81,82,83)(H,84,85,86)(H,87,88,89)(H,90,91,92). The number of nitrogens with zero attached hydrogens (tertiary/aromatic N) is 4. The highest BCUT2D eigenvalue weighted by molar-refractivity contribution is 7.92. The van der Waals surface area contributed by atoms with Crippen molar-refractivity contribution in [2.24, 2.45) is 20.4 Å². The first kappa shape index (κ1) is 72.2. The quantitative estimate of drug-likeness (QED) is 0.0253. The molecule has 0 spiro atoms. The molecule has 100 heavy (non-hydrogen) atoms. The Hall–Kier alpha value is -10.5. The van der Waals surface area contributed by atoms with Crippen molar-refractivity contribution in [2.75, 3.05) is 33.2 Å². The number of hydrazone groups is 4. The van der Waals surface area contributed by atoms with Crippen molar-refractivity contribution in [1.82, 2.24) is 0 Å². The molecule has 4 aliphatic carbocycles. The van der Waals surface area contributed by atoms with E-state index in [4.69, 9.17) is 11.5 Å². The average molecular weight is 1530 g/mol. The molecule has 0 fully saturated rings. The predicted octanol–water partition coefficient (Wildman–Crippen LogP) is 3.58. The first-order chi connectivity index (χ1) is 46.1. The minimum atomic E-state index is -5.35. The summed E-state index contributed by atoms with van der Waals surface area (Å²) in [5, 5.41) is 15.1. The van der Waals surface area contributed by atoms with Crippen molar-refractivity contribution in [1.29, 1.82) is 0 Å². The molecule has 46 heteroatoms. The molecule has 0 unspecified atom stereocenters. The molecule has 10 rings (SSSR count). The highest BCUT2D eigenvalue weighted by Crippen LogP contribution is 2.37. The topological polar surface area (TPSA) is 653 Å². The largest absolute Gasteiger partial charge is 0.398 e. The lowest BCUT2D eigenvalue weighted by molar-refractivity contribution is 0.105. The van der Waals surface area contributed by atoms with Crippen molar-refractivity contribution in [3.8, 4) is 0 Å². The number of benzene rings is 6. The van der Waals surface area contributed by atoms with Gasteiger partial charge in [0.05, 0.1) is 43.7 Å². The van der Waals surface area contributed by atoms with Crippen molar-refractivity contribution in [3.63, 3.8) is 0 Å². The van der Waals surface area contributed by atoms with Crippen molar-refractivity contribution in [3.05, 3.63) is 172 Å². The van der Waals surface area contributed by atoms with Crippen LogP contribution in [0.2, 0.25) is 0 Å². The van der Waals surface area contributed by atoms with E-state index in [9.17, 15) is 123 Å². The van der Waals surface area contributed by atoms with E-state index in [1.165, 1.54) is 0 Å². The number of anilines is 6. The van der Waals surface area contributed by atoms with E-state index in [2.05, 4.69) is 42.1 Å². The van der Waals surface area contributed by atoms with Crippen molar-refractivity contribution >= 4 is 198 Å². The second-order valence-corrected chi connectivity index (χ2v) is 32.0. The molecule has 0 amide bonds. The van der Waals surface area contributed by atoms with E-state index in [0.29, 0.717) is 48.6 Å². The van der Waals surface area contributed by atoms with Crippen LogP contribution in [0.4, 0.5) is 34.1 Å². The highest BCUT2D eigenvalue weighted by Gasteiger charge is 2.39. The van der Waals surface area contributed by atoms with Crippen LogP contribution in [0.3, 0.4) is 0 Å². The number of hydrogen-bond acceptors (Lipinski definition) is 30. The van der Waals surface area contributed by atoms with Gasteiger partial charge in [0, 0.05) is 22.5 Å². The van der Waals surface area contributed by atoms with Gasteiger partial charge in [-0.1, -0.05) is 36.4 Å². The van der Waals surface area contributed by atoms with Crippen LogP contribution in [-0.2, 0) is 80.9 Å². The second kappa shape index (κ2) is 25.3. The van der Waals surface area contributed by atoms with Crippen LogP contribution >= 0.6 is 0 Å². The molecule has 4 aliphatic rings. The number of hydrogen-bond donors (Lipinski definition) is 14. The third-order valence-electron chi connectivity index (χ3n) is 14.3. The van der Waals surface area contributed by atoms with Gasteiger partial charge in [0.1, 0.15) is 29.4 Å². The minimum absolute atomic E-state index is 0.206. The monoisotopic (exact) mass is 1530 g/mol. The fourth-order valence-electron chi connectivity index (χ4n) is 9.84. The molecule has 0 saturated heterocycles. The van der Waals surface area contributed by atoms with Crippen LogP contribution in [-0.4, -0.2) is 150 Å². The van der Waals surface area contributed by atoms with Crippen molar-refractivity contribution in [2.45, 2.75) is 19.6 Å². The van der Waals surface area contributed by atoms with Gasteiger partial charge in [-0.3, -0.25) is 77.3 Å². The summed E-state index contributed by atoms with van der Waals surface area (Å²) in [4.78, 5) is 47.0. The zero-order chi connectivity index (χ0) is 73.7. The fourth-order valence-corrected chi connectivity index (χ4v) is 15.0. The van der Waals surface area contributed by atoms with Gasteiger partial charge in [-0.25, -0.2) is 0 Å². The molecule has 0 heterocycles. The van der Waals surface area contributed by atoms with Gasteiger partial charge in [0.15, 0.2) is 22.8 Å². The first-order valence-corrected chi connectivity index (χ1v) is 37.9. The van der Waals surface area contributed by atoms with Crippen LogP contribution in [0.1, 0.15) is 74.8 Å². The lowest BCUT2D eigenvalue weighted by Crippen LogP contribution is -2.28. The number of allylic oxidation sites excluding steroid dienone is 4. The number of rotatable bonds is 18. The molecule has 6 aromatic rings. The van der Waals surface area contributed by atoms with E-state index in [-0.39, 0.29) is 22.5 Å². The average Bonchev–Trinajstić information content (AvgIpc) is 0.774. The fraction of sp³-hybridized carbons (Fsp3) is 0. The number of nitrogen functional groups attached to an aromatic ring is 2. The Kier molecular flexibility index (Phi) is 18.3. The summed E-state index contributed by atoms with van der Waals surface area (Å²) in [6.45, 7) is 0. The van der Waals surface area contributed by atoms with Crippen LogP contribution in [0, 0.1) is 0 Å². The molecule has 0 aromatic heterocycles. The summed E-state index contributed by atoms with van der Waals surface area (Å²) in [5.41, 5.74) is 9.91. The number of nitrogens with one attached hydrogen (secondary N) is 4. The van der Waals surface area contributed by atoms with Gasteiger partial charge in [-0.05, 0) is 130 Å². The van der Waals surface area contributed by atoms with Gasteiger partial charge >= 0.3 is 0 Å². The van der Waals surface area contributed by atoms with Gasteiger partial charge in [0.25, 0.3) is 80.9 Å². The van der Waals surface area contributed by atoms with E-state index in [1.807, 2.05) is 0 Å². The molecule has 520 valence electrons. The van der Waals surface area contributed by atoms with Crippen LogP contribution in [0.5, 0.6) is 0 Å². The Labute approximate surface area is 562 Å². The number of ketones is 4. The molecular formula is C54H38N10O28S8. The van der Waals surface area contributed by atoms with E-state index in [0.717, 1.165) is 85.0 Å². The van der Waals surface area contributed by atoms with E-state index >= 15 is 0 Å². The predicted molar refractivity (Wildman–Crippen MR) is 355 cm³/mol. The Bertz CT molecular complexity index is 5750. The molecule has 0 bridgehead atoms. The maximum atomic E-state index is 14.0. The van der Waals surface area contributed by atoms with E-state index < -0.39 is 233 Å². The molecule has 16 N–H and O–H groups in total. The molecule has 38 nitrogen and oxygen atoms in total. The summed E-state index contributed by atoms with van der Waals surface area (Å²) in [6.07, 6.45) is 4.55. The number of nitrogens with two attached hydrogens (primary N) is 2. The molecule has 0 atom stereocenters. The Morgan fingerprint density at radius 3 is 0.860 bits per heavy atom. The lowest BCUT2D eigenvalue weighted by Gasteiger charge is -2.19. The summed E-state index contributed by atoms with van der Waals surface area (Å²) in [5.74, 6) is -5.16. The van der Waals surface area contributed by atoms with Gasteiger partial charge in [-0.2, -0.15) is 87.7 Å². The Morgan fingerprint density at radius 2 is 0.580 bits per heavy atom. The molecule has 6 aromatic carbocycles. The van der Waals surface area contributed by atoms with Gasteiger partial charge in [0.2, 0.25) is 23.1 Å². The van der Waals surface area contributed by atoms with Crippen LogP contribution < -0.4 is 33.2 Å². The normalized spacial score (nSPS) is 17.1. The number of fused-ring (bicyclic) bond motifs is 4. The summed E-state index contributed by atoms with van der Waals surface area (Å²) in [7, 11) is -42.0. The lowest BCUT2D eigenvalue weighted by atomic mass is 9.93. The Balaban J connectivity index is 0.897. The molecule has 0 aliphatic heterocycles. The summed E-state index contributed by atoms with van der Waals surface area (Å²) < 4.78 is 279. The van der Waals surface area contributed by atoms with E-state index in [1.54, 1.807) is 0 Å². The maximum Gasteiger partial charge on any atom is 0.296 e.